The van der Waals surface area contributed by atoms with Crippen LogP contribution in [0.4, 0.5) is 0 Å². The van der Waals surface area contributed by atoms with E-state index in [1.165, 1.54) is 0 Å². The Balaban J connectivity index is 2.51. The molecule has 10 N–H and O–H groups in total. The van der Waals surface area contributed by atoms with Gasteiger partial charge in [-0.1, -0.05) is 0 Å². The van der Waals surface area contributed by atoms with Gasteiger partial charge in [-0.05, 0) is 25.7 Å². The summed E-state index contributed by atoms with van der Waals surface area (Å²) >= 11 is 0. The highest BCUT2D eigenvalue weighted by Crippen LogP contribution is 2.18. The average molecular weight is 245 g/mol. The highest BCUT2D eigenvalue weighted by atomic mass is 16.5. The summed E-state index contributed by atoms with van der Waals surface area (Å²) in [7, 11) is 0. The summed E-state index contributed by atoms with van der Waals surface area (Å²) in [6, 6.07) is -1.03. The summed E-state index contributed by atoms with van der Waals surface area (Å²) in [5.74, 6) is -1.68. The molecule has 0 radical (unpaired) electrons. The van der Waals surface area contributed by atoms with E-state index in [2.05, 4.69) is 0 Å². The number of carbonyl (C=O) groups is 1. The zero-order chi connectivity index (χ0) is 13.1. The van der Waals surface area contributed by atoms with Crippen LogP contribution in [0, 0.1) is 0 Å². The molecule has 1 saturated heterocycles. The SMILES string of the molecule is NC(CC(N)C(N)(N)N)C1CCCCC(=O)O1. The van der Waals surface area contributed by atoms with Crippen molar-refractivity contribution in [2.75, 3.05) is 0 Å². The Bertz CT molecular complexity index is 266. The van der Waals surface area contributed by atoms with E-state index in [4.69, 9.17) is 33.4 Å². The summed E-state index contributed by atoms with van der Waals surface area (Å²) in [5.41, 5.74) is 28.1. The number of nitrogens with two attached hydrogens (primary N) is 5. The van der Waals surface area contributed by atoms with Gasteiger partial charge in [0.05, 0.1) is 6.04 Å². The van der Waals surface area contributed by atoms with Crippen LogP contribution in [0.2, 0.25) is 0 Å². The Morgan fingerprint density at radius 3 is 2.53 bits per heavy atom. The topological polar surface area (TPSA) is 156 Å². The van der Waals surface area contributed by atoms with Crippen LogP contribution in [-0.2, 0) is 9.53 Å². The lowest BCUT2D eigenvalue weighted by molar-refractivity contribution is -0.149. The molecule has 0 spiro atoms. The zero-order valence-electron chi connectivity index (χ0n) is 9.97. The van der Waals surface area contributed by atoms with Crippen LogP contribution in [0.3, 0.4) is 0 Å². The van der Waals surface area contributed by atoms with Crippen molar-refractivity contribution in [1.29, 1.82) is 0 Å². The minimum atomic E-state index is -1.47. The molecule has 17 heavy (non-hydrogen) atoms. The fraction of sp³-hybridized carbons (Fsp3) is 0.900. The molecular formula is C10H23N5O2. The van der Waals surface area contributed by atoms with Gasteiger partial charge in [0.2, 0.25) is 0 Å². The van der Waals surface area contributed by atoms with Crippen LogP contribution in [0.5, 0.6) is 0 Å². The second-order valence-corrected chi connectivity index (χ2v) is 4.78. The molecule has 0 aromatic rings. The van der Waals surface area contributed by atoms with Gasteiger partial charge in [-0.2, -0.15) is 0 Å². The second kappa shape index (κ2) is 5.74. The van der Waals surface area contributed by atoms with Crippen LogP contribution in [0.15, 0.2) is 0 Å². The Kier molecular flexibility index (Phi) is 4.84. The summed E-state index contributed by atoms with van der Waals surface area (Å²) in [5, 5.41) is 0. The molecule has 1 fully saturated rings. The molecule has 100 valence electrons. The van der Waals surface area contributed by atoms with Gasteiger partial charge in [0.1, 0.15) is 11.9 Å². The van der Waals surface area contributed by atoms with Gasteiger partial charge in [-0.3, -0.25) is 22.0 Å². The van der Waals surface area contributed by atoms with Gasteiger partial charge in [0, 0.05) is 12.5 Å². The molecule has 3 atom stereocenters. The van der Waals surface area contributed by atoms with Gasteiger partial charge in [0.15, 0.2) is 0 Å². The summed E-state index contributed by atoms with van der Waals surface area (Å²) in [4.78, 5) is 11.3. The maximum absolute atomic E-state index is 11.3. The number of esters is 1. The van der Waals surface area contributed by atoms with Gasteiger partial charge < -0.3 is 16.2 Å². The average Bonchev–Trinajstić information content (AvgIpc) is 2.41. The van der Waals surface area contributed by atoms with Crippen molar-refractivity contribution >= 4 is 5.97 Å². The van der Waals surface area contributed by atoms with Gasteiger partial charge >= 0.3 is 5.97 Å². The molecule has 1 heterocycles. The van der Waals surface area contributed by atoms with Gasteiger partial charge in [-0.25, -0.2) is 0 Å². The fourth-order valence-electron chi connectivity index (χ4n) is 1.85. The zero-order valence-corrected chi connectivity index (χ0v) is 9.97. The molecule has 1 aliphatic heterocycles. The smallest absolute Gasteiger partial charge is 0.306 e. The minimum Gasteiger partial charge on any atom is -0.461 e. The number of ether oxygens (including phenoxy) is 1. The highest BCUT2D eigenvalue weighted by molar-refractivity contribution is 5.69. The quantitative estimate of drug-likeness (QED) is 0.284. The van der Waals surface area contributed by atoms with E-state index in [9.17, 15) is 4.79 Å². The van der Waals surface area contributed by atoms with E-state index >= 15 is 0 Å². The first-order valence-corrected chi connectivity index (χ1v) is 5.88. The van der Waals surface area contributed by atoms with Crippen molar-refractivity contribution < 1.29 is 9.53 Å². The lowest BCUT2D eigenvalue weighted by Crippen LogP contribution is -2.70. The molecule has 0 aromatic carbocycles. The molecule has 0 saturated carbocycles. The Morgan fingerprint density at radius 1 is 1.29 bits per heavy atom. The van der Waals surface area contributed by atoms with E-state index < -0.39 is 11.8 Å². The van der Waals surface area contributed by atoms with Crippen LogP contribution >= 0.6 is 0 Å². The standard InChI is InChI=1S/C10H23N5O2/c11-6(5-8(12)10(13,14)15)7-3-1-2-4-9(16)17-7/h6-8H,1-5,11-15H2. The predicted molar refractivity (Wildman–Crippen MR) is 64.2 cm³/mol. The van der Waals surface area contributed by atoms with Crippen molar-refractivity contribution in [3.05, 3.63) is 0 Å². The third kappa shape index (κ3) is 4.57. The molecule has 1 aliphatic rings. The van der Waals surface area contributed by atoms with Crippen LogP contribution in [0.25, 0.3) is 0 Å². The number of carbonyl (C=O) groups excluding carboxylic acids is 1. The third-order valence-electron chi connectivity index (χ3n) is 3.05. The monoisotopic (exact) mass is 245 g/mol. The molecule has 0 aromatic heterocycles. The van der Waals surface area contributed by atoms with Crippen LogP contribution in [-0.4, -0.2) is 29.9 Å². The molecule has 0 amide bonds. The van der Waals surface area contributed by atoms with Crippen molar-refractivity contribution in [3.63, 3.8) is 0 Å². The number of hydrogen-bond acceptors (Lipinski definition) is 7. The molecule has 0 aliphatic carbocycles. The van der Waals surface area contributed by atoms with E-state index in [0.717, 1.165) is 19.3 Å². The molecule has 7 nitrogen and oxygen atoms in total. The Hall–Kier alpha value is -0.730. The van der Waals surface area contributed by atoms with Crippen molar-refractivity contribution in [1.82, 2.24) is 0 Å². The minimum absolute atomic E-state index is 0.212. The Labute approximate surface area is 101 Å². The summed E-state index contributed by atoms with van der Waals surface area (Å²) < 4.78 is 5.24. The van der Waals surface area contributed by atoms with E-state index in [0.29, 0.717) is 12.8 Å². The van der Waals surface area contributed by atoms with E-state index in [-0.39, 0.29) is 18.1 Å². The Morgan fingerprint density at radius 2 is 1.94 bits per heavy atom. The fourth-order valence-corrected chi connectivity index (χ4v) is 1.85. The lowest BCUT2D eigenvalue weighted by atomic mass is 9.96. The number of hydrogen-bond donors (Lipinski definition) is 5. The number of rotatable bonds is 4. The van der Waals surface area contributed by atoms with Crippen LogP contribution < -0.4 is 28.7 Å². The first-order valence-electron chi connectivity index (χ1n) is 5.88. The van der Waals surface area contributed by atoms with Crippen molar-refractivity contribution in [3.8, 4) is 0 Å². The van der Waals surface area contributed by atoms with Crippen molar-refractivity contribution in [2.24, 2.45) is 28.7 Å². The maximum Gasteiger partial charge on any atom is 0.306 e. The largest absolute Gasteiger partial charge is 0.461 e. The van der Waals surface area contributed by atoms with Gasteiger partial charge in [0.25, 0.3) is 0 Å². The molecule has 0 bridgehead atoms. The first kappa shape index (κ1) is 14.3. The molecule has 7 heteroatoms. The first-order chi connectivity index (χ1) is 7.80. The van der Waals surface area contributed by atoms with E-state index in [1.807, 2.05) is 0 Å². The molecular weight excluding hydrogens is 222 g/mol. The summed E-state index contributed by atoms with van der Waals surface area (Å²) in [6.07, 6.45) is 2.94. The number of cyclic esters (lactones) is 1. The normalized spacial score (nSPS) is 25.9. The van der Waals surface area contributed by atoms with Crippen molar-refractivity contribution in [2.45, 2.75) is 56.1 Å². The third-order valence-corrected chi connectivity index (χ3v) is 3.05. The highest BCUT2D eigenvalue weighted by Gasteiger charge is 2.30. The lowest BCUT2D eigenvalue weighted by Gasteiger charge is -2.31. The predicted octanol–water partition coefficient (Wildman–Crippen LogP) is -1.95. The summed E-state index contributed by atoms with van der Waals surface area (Å²) in [6.45, 7) is 0. The maximum atomic E-state index is 11.3. The van der Waals surface area contributed by atoms with E-state index in [1.54, 1.807) is 0 Å². The van der Waals surface area contributed by atoms with Gasteiger partial charge in [-0.15, -0.1) is 0 Å². The molecule has 1 rings (SSSR count). The van der Waals surface area contributed by atoms with Crippen LogP contribution in [0.1, 0.15) is 32.1 Å². The molecule has 3 unspecified atom stereocenters. The second-order valence-electron chi connectivity index (χ2n) is 4.78.